The number of piperidine rings is 1. The summed E-state index contributed by atoms with van der Waals surface area (Å²) >= 11 is 0. The first-order chi connectivity index (χ1) is 8.32. The van der Waals surface area contributed by atoms with Gasteiger partial charge in [-0.15, -0.1) is 0 Å². The summed E-state index contributed by atoms with van der Waals surface area (Å²) in [7, 11) is 0. The van der Waals surface area contributed by atoms with Crippen molar-refractivity contribution in [2.45, 2.75) is 58.7 Å². The van der Waals surface area contributed by atoms with E-state index in [0.717, 1.165) is 37.8 Å². The number of hydrogen-bond donors (Lipinski definition) is 0. The second-order valence-corrected chi connectivity index (χ2v) is 7.42. The monoisotopic (exact) mass is 251 g/mol. The van der Waals surface area contributed by atoms with Crippen molar-refractivity contribution in [1.82, 2.24) is 4.90 Å². The van der Waals surface area contributed by atoms with E-state index in [-0.39, 0.29) is 17.6 Å². The Morgan fingerprint density at radius 1 is 1.28 bits per heavy atom. The Hall–Kier alpha value is -0.570. The Morgan fingerprint density at radius 3 is 2.33 bits per heavy atom. The third-order valence-electron chi connectivity index (χ3n) is 5.38. The summed E-state index contributed by atoms with van der Waals surface area (Å²) in [6.45, 7) is 10.8. The Balaban J connectivity index is 1.45. The largest absolute Gasteiger partial charge is 0.372 e. The van der Waals surface area contributed by atoms with E-state index in [4.69, 9.17) is 4.74 Å². The Kier molecular flexibility index (Phi) is 2.58. The highest BCUT2D eigenvalue weighted by Gasteiger charge is 2.62. The van der Waals surface area contributed by atoms with Gasteiger partial charge in [0.15, 0.2) is 0 Å². The minimum Gasteiger partial charge on any atom is -0.372 e. The molecular formula is C15H25NO2. The molecule has 3 heteroatoms. The number of likely N-dealkylation sites (tertiary alicyclic amines) is 1. The maximum Gasteiger partial charge on any atom is 0.225 e. The molecule has 3 atom stereocenters. The minimum absolute atomic E-state index is 0.0648. The lowest BCUT2D eigenvalue weighted by Gasteiger charge is -2.25. The van der Waals surface area contributed by atoms with E-state index < -0.39 is 0 Å². The van der Waals surface area contributed by atoms with Gasteiger partial charge in [0.25, 0.3) is 0 Å². The van der Waals surface area contributed by atoms with Gasteiger partial charge in [-0.2, -0.15) is 0 Å². The van der Waals surface area contributed by atoms with Crippen LogP contribution in [0.3, 0.4) is 0 Å². The highest BCUT2D eigenvalue weighted by Crippen LogP contribution is 2.62. The van der Waals surface area contributed by atoms with Crippen LogP contribution in [0, 0.1) is 17.3 Å². The molecule has 1 aliphatic heterocycles. The van der Waals surface area contributed by atoms with E-state index in [1.54, 1.807) is 0 Å². The molecule has 3 rings (SSSR count). The zero-order valence-electron chi connectivity index (χ0n) is 12.0. The molecule has 2 unspecified atom stereocenters. The lowest BCUT2D eigenvalue weighted by atomic mass is 10.1. The quantitative estimate of drug-likeness (QED) is 0.768. The normalized spacial score (nSPS) is 36.1. The summed E-state index contributed by atoms with van der Waals surface area (Å²) in [6.07, 6.45) is 2.91. The number of fused-ring (bicyclic) bond motifs is 1. The predicted octanol–water partition coefficient (Wildman–Crippen LogP) is 2.45. The van der Waals surface area contributed by atoms with Crippen molar-refractivity contribution < 1.29 is 9.53 Å². The van der Waals surface area contributed by atoms with Crippen LogP contribution in [0.15, 0.2) is 0 Å². The van der Waals surface area contributed by atoms with Gasteiger partial charge in [-0.25, -0.2) is 0 Å². The average Bonchev–Trinajstić information content (AvgIpc) is 2.99. The molecule has 0 aromatic rings. The zero-order valence-corrected chi connectivity index (χ0v) is 12.0. The van der Waals surface area contributed by atoms with E-state index in [9.17, 15) is 4.79 Å². The summed E-state index contributed by atoms with van der Waals surface area (Å²) in [5, 5.41) is 0. The molecule has 1 saturated heterocycles. The lowest BCUT2D eigenvalue weighted by molar-refractivity contribution is -0.135. The maximum absolute atomic E-state index is 12.2. The topological polar surface area (TPSA) is 29.5 Å². The summed E-state index contributed by atoms with van der Waals surface area (Å²) in [5.74, 6) is 1.78. The highest BCUT2D eigenvalue weighted by molar-refractivity contribution is 5.77. The van der Waals surface area contributed by atoms with Crippen LogP contribution in [-0.2, 0) is 9.53 Å². The third kappa shape index (κ3) is 2.07. The second kappa shape index (κ2) is 3.72. The van der Waals surface area contributed by atoms with E-state index >= 15 is 0 Å². The molecule has 3 nitrogen and oxygen atoms in total. The molecule has 1 heterocycles. The van der Waals surface area contributed by atoms with Crippen LogP contribution in [0.1, 0.15) is 47.0 Å². The summed E-state index contributed by atoms with van der Waals surface area (Å²) < 4.78 is 5.91. The molecule has 0 bridgehead atoms. The summed E-state index contributed by atoms with van der Waals surface area (Å²) in [5.41, 5.74) is 0.565. The number of amides is 1. The first-order valence-electron chi connectivity index (χ1n) is 7.27. The second-order valence-electron chi connectivity index (χ2n) is 7.42. The molecule has 0 spiro atoms. The number of carbonyl (C=O) groups excluding carboxylic acids is 1. The third-order valence-corrected chi connectivity index (χ3v) is 5.38. The van der Waals surface area contributed by atoms with Gasteiger partial charge in [0, 0.05) is 13.1 Å². The molecule has 102 valence electrons. The predicted molar refractivity (Wildman–Crippen MR) is 70.1 cm³/mol. The molecule has 0 N–H and O–H groups in total. The van der Waals surface area contributed by atoms with Crippen molar-refractivity contribution in [1.29, 1.82) is 0 Å². The first kappa shape index (κ1) is 12.5. The van der Waals surface area contributed by atoms with Crippen LogP contribution in [0.4, 0.5) is 0 Å². The van der Waals surface area contributed by atoms with E-state index in [1.807, 2.05) is 6.92 Å². The number of rotatable bonds is 4. The van der Waals surface area contributed by atoms with Gasteiger partial charge in [-0.3, -0.25) is 4.79 Å². The molecule has 3 fully saturated rings. The van der Waals surface area contributed by atoms with Crippen LogP contribution >= 0.6 is 0 Å². The number of hydrogen-bond acceptors (Lipinski definition) is 2. The standard InChI is InChI=1S/C15H25NO2/c1-10(18-15(4)5-6-15)7-13(17)16-8-11-12(9-16)14(11,2)3/h10-12H,5-9H2,1-4H3/t10-,11?,12?/m1/s1. The smallest absolute Gasteiger partial charge is 0.225 e. The van der Waals surface area contributed by atoms with E-state index in [0.29, 0.717) is 11.8 Å². The molecular weight excluding hydrogens is 226 g/mol. The SMILES string of the molecule is C[C@H](CC(=O)N1CC2C(C1)C2(C)C)OC1(C)CC1. The van der Waals surface area contributed by atoms with Crippen molar-refractivity contribution in [2.24, 2.45) is 17.3 Å². The van der Waals surface area contributed by atoms with Crippen LogP contribution in [0.2, 0.25) is 0 Å². The van der Waals surface area contributed by atoms with Crippen LogP contribution < -0.4 is 0 Å². The van der Waals surface area contributed by atoms with Crippen molar-refractivity contribution in [2.75, 3.05) is 13.1 Å². The van der Waals surface area contributed by atoms with E-state index in [1.165, 1.54) is 0 Å². The Bertz CT molecular complexity index is 359. The molecule has 2 saturated carbocycles. The van der Waals surface area contributed by atoms with Gasteiger partial charge in [-0.05, 0) is 43.9 Å². The fraction of sp³-hybridized carbons (Fsp3) is 0.933. The van der Waals surface area contributed by atoms with E-state index in [2.05, 4.69) is 25.7 Å². The van der Waals surface area contributed by atoms with Gasteiger partial charge < -0.3 is 9.64 Å². The fourth-order valence-corrected chi connectivity index (χ4v) is 3.53. The number of nitrogens with zero attached hydrogens (tertiary/aromatic N) is 1. The molecule has 2 aliphatic carbocycles. The van der Waals surface area contributed by atoms with Gasteiger partial charge in [-0.1, -0.05) is 13.8 Å². The molecule has 0 aromatic heterocycles. The fourth-order valence-electron chi connectivity index (χ4n) is 3.53. The molecule has 3 aliphatic rings. The molecule has 1 amide bonds. The van der Waals surface area contributed by atoms with Gasteiger partial charge in [0.1, 0.15) is 0 Å². The minimum atomic E-state index is 0.0648. The first-order valence-corrected chi connectivity index (χ1v) is 7.27. The van der Waals surface area contributed by atoms with Crippen molar-refractivity contribution >= 4 is 5.91 Å². The Morgan fingerprint density at radius 2 is 1.83 bits per heavy atom. The highest BCUT2D eigenvalue weighted by atomic mass is 16.5. The van der Waals surface area contributed by atoms with Gasteiger partial charge in [0.2, 0.25) is 5.91 Å². The molecule has 0 radical (unpaired) electrons. The zero-order chi connectivity index (χ0) is 13.1. The summed E-state index contributed by atoms with van der Waals surface area (Å²) in [4.78, 5) is 14.2. The lowest BCUT2D eigenvalue weighted by Crippen LogP contribution is -2.35. The number of ether oxygens (including phenoxy) is 1. The van der Waals surface area contributed by atoms with Crippen molar-refractivity contribution in [3.63, 3.8) is 0 Å². The average molecular weight is 251 g/mol. The van der Waals surface area contributed by atoms with Gasteiger partial charge in [0.05, 0.1) is 18.1 Å². The Labute approximate surface area is 110 Å². The van der Waals surface area contributed by atoms with Crippen LogP contribution in [0.25, 0.3) is 0 Å². The summed E-state index contributed by atoms with van der Waals surface area (Å²) in [6, 6.07) is 0. The van der Waals surface area contributed by atoms with Crippen molar-refractivity contribution in [3.8, 4) is 0 Å². The molecule has 18 heavy (non-hydrogen) atoms. The molecule has 0 aromatic carbocycles. The van der Waals surface area contributed by atoms with Gasteiger partial charge >= 0.3 is 0 Å². The van der Waals surface area contributed by atoms with Crippen LogP contribution in [0.5, 0.6) is 0 Å². The maximum atomic E-state index is 12.2. The van der Waals surface area contributed by atoms with Crippen molar-refractivity contribution in [3.05, 3.63) is 0 Å². The number of carbonyl (C=O) groups is 1. The van der Waals surface area contributed by atoms with Crippen LogP contribution in [-0.4, -0.2) is 35.6 Å².